The van der Waals surface area contributed by atoms with E-state index in [1.54, 1.807) is 12.1 Å². The topological polar surface area (TPSA) is 26.3 Å². The first-order chi connectivity index (χ1) is 12.1. The average Bonchev–Trinajstić information content (AvgIpc) is 2.65. The minimum atomic E-state index is -1.11. The predicted octanol–water partition coefficient (Wildman–Crippen LogP) is 5.17. The number of rotatable bonds is 5. The lowest BCUT2D eigenvalue weighted by molar-refractivity contribution is -0.131. The highest BCUT2D eigenvalue weighted by molar-refractivity contribution is 7.97. The molecule has 0 unspecified atom stereocenters. The summed E-state index contributed by atoms with van der Waals surface area (Å²) >= 11 is 0. The van der Waals surface area contributed by atoms with Gasteiger partial charge in [-0.15, -0.1) is 0 Å². The van der Waals surface area contributed by atoms with Gasteiger partial charge in [0.25, 0.3) is 0 Å². The highest BCUT2D eigenvalue weighted by atomic mass is 32.2. The summed E-state index contributed by atoms with van der Waals surface area (Å²) in [6, 6.07) is 27.5. The third kappa shape index (κ3) is 4.17. The fraction of sp³-hybridized carbons (Fsp3) is 0. The minimum Gasteiger partial charge on any atom is -0.421 e. The van der Waals surface area contributed by atoms with Gasteiger partial charge in [-0.2, -0.15) is 4.39 Å². The van der Waals surface area contributed by atoms with Crippen molar-refractivity contribution in [2.75, 3.05) is 0 Å². The number of hydrogen-bond acceptors (Lipinski definition) is 2. The largest absolute Gasteiger partial charge is 0.421 e. The van der Waals surface area contributed by atoms with Crippen molar-refractivity contribution in [3.05, 3.63) is 97.3 Å². The van der Waals surface area contributed by atoms with Crippen LogP contribution in [0.3, 0.4) is 0 Å². The molecule has 0 atom stereocenters. The van der Waals surface area contributed by atoms with Crippen LogP contribution < -0.4 is 4.74 Å². The van der Waals surface area contributed by atoms with E-state index in [9.17, 15) is 9.18 Å². The standard InChI is InChI=1S/C21H16FO2S/c1-16(22)21(23)24-17-12-14-20(15-13-17)25(18-8-4-2-5-9-18)19-10-6-3-7-11-19/h2-15H,1H2/q+1. The Morgan fingerprint density at radius 3 is 1.64 bits per heavy atom. The summed E-state index contributed by atoms with van der Waals surface area (Å²) in [5.41, 5.74) is 0. The molecule has 0 radical (unpaired) electrons. The smallest absolute Gasteiger partial charge is 0.371 e. The zero-order chi connectivity index (χ0) is 17.6. The van der Waals surface area contributed by atoms with E-state index in [2.05, 4.69) is 30.8 Å². The Kier molecular flexibility index (Phi) is 5.31. The molecule has 3 rings (SSSR count). The number of halogens is 1. The predicted molar refractivity (Wildman–Crippen MR) is 97.4 cm³/mol. The summed E-state index contributed by atoms with van der Waals surface area (Å²) in [7, 11) is -0.276. The number of hydrogen-bond donors (Lipinski definition) is 0. The van der Waals surface area contributed by atoms with E-state index < -0.39 is 11.8 Å². The molecule has 3 aromatic carbocycles. The van der Waals surface area contributed by atoms with Crippen LogP contribution in [0.1, 0.15) is 0 Å². The van der Waals surface area contributed by atoms with Gasteiger partial charge in [-0.25, -0.2) is 4.79 Å². The SMILES string of the molecule is C=C(F)C(=O)Oc1ccc([S+](c2ccccc2)c2ccccc2)cc1. The zero-order valence-electron chi connectivity index (χ0n) is 13.4. The van der Waals surface area contributed by atoms with Crippen LogP contribution in [0.15, 0.2) is 112 Å². The van der Waals surface area contributed by atoms with Crippen LogP contribution in [-0.4, -0.2) is 5.97 Å². The van der Waals surface area contributed by atoms with E-state index in [0.717, 1.165) is 4.90 Å². The number of carbonyl (C=O) groups is 1. The molecule has 0 bridgehead atoms. The molecule has 4 heteroatoms. The third-order valence-corrected chi connectivity index (χ3v) is 5.68. The van der Waals surface area contributed by atoms with Crippen molar-refractivity contribution in [1.82, 2.24) is 0 Å². The van der Waals surface area contributed by atoms with Crippen LogP contribution in [0.2, 0.25) is 0 Å². The van der Waals surface area contributed by atoms with Crippen LogP contribution in [0.25, 0.3) is 0 Å². The van der Waals surface area contributed by atoms with E-state index in [4.69, 9.17) is 4.74 Å². The van der Waals surface area contributed by atoms with Crippen molar-refractivity contribution in [1.29, 1.82) is 0 Å². The van der Waals surface area contributed by atoms with Gasteiger partial charge in [0.2, 0.25) is 5.83 Å². The molecule has 2 nitrogen and oxygen atoms in total. The lowest BCUT2D eigenvalue weighted by Crippen LogP contribution is -2.08. The molecule has 0 aliphatic carbocycles. The molecular formula is C21H16FO2S+. The molecule has 0 saturated heterocycles. The van der Waals surface area contributed by atoms with E-state index in [0.29, 0.717) is 0 Å². The average molecular weight is 351 g/mol. The quantitative estimate of drug-likeness (QED) is 0.274. The summed E-state index contributed by atoms with van der Waals surface area (Å²) in [6.45, 7) is 2.94. The Bertz CT molecular complexity index is 822. The minimum absolute atomic E-state index is 0.276. The number of carbonyl (C=O) groups excluding carboxylic acids is 1. The summed E-state index contributed by atoms with van der Waals surface area (Å²) in [5, 5.41) is 0. The molecule has 0 aliphatic heterocycles. The normalized spacial score (nSPS) is 10.5. The molecule has 0 N–H and O–H groups in total. The lowest BCUT2D eigenvalue weighted by Gasteiger charge is -2.08. The summed E-state index contributed by atoms with van der Waals surface area (Å²) in [6.07, 6.45) is 0. The molecule has 0 spiro atoms. The molecule has 0 aromatic heterocycles. The first-order valence-electron chi connectivity index (χ1n) is 7.66. The maximum atomic E-state index is 12.8. The van der Waals surface area contributed by atoms with Crippen LogP contribution >= 0.6 is 0 Å². The number of benzene rings is 3. The van der Waals surface area contributed by atoms with Crippen molar-refractivity contribution < 1.29 is 13.9 Å². The van der Waals surface area contributed by atoms with Crippen LogP contribution in [0.5, 0.6) is 5.75 Å². The molecule has 0 heterocycles. The summed E-state index contributed by atoms with van der Waals surface area (Å²) in [4.78, 5) is 14.7. The Morgan fingerprint density at radius 1 is 0.760 bits per heavy atom. The molecule has 0 fully saturated rings. The van der Waals surface area contributed by atoms with Gasteiger partial charge in [0.1, 0.15) is 5.75 Å². The maximum absolute atomic E-state index is 12.8. The molecule has 25 heavy (non-hydrogen) atoms. The first kappa shape index (κ1) is 17.0. The van der Waals surface area contributed by atoms with Gasteiger partial charge in [0.05, 0.1) is 10.9 Å². The van der Waals surface area contributed by atoms with E-state index in [1.807, 2.05) is 48.5 Å². The van der Waals surface area contributed by atoms with Crippen LogP contribution in [-0.2, 0) is 15.7 Å². The van der Waals surface area contributed by atoms with Gasteiger partial charge in [-0.3, -0.25) is 0 Å². The Hall–Kier alpha value is -2.85. The summed E-state index contributed by atoms with van der Waals surface area (Å²) < 4.78 is 17.7. The Morgan fingerprint density at radius 2 is 1.20 bits per heavy atom. The highest BCUT2D eigenvalue weighted by Crippen LogP contribution is 2.31. The van der Waals surface area contributed by atoms with Gasteiger partial charge >= 0.3 is 5.97 Å². The Balaban J connectivity index is 1.94. The second kappa shape index (κ2) is 7.81. The van der Waals surface area contributed by atoms with E-state index >= 15 is 0 Å². The maximum Gasteiger partial charge on any atom is 0.371 e. The fourth-order valence-corrected chi connectivity index (χ4v) is 4.41. The van der Waals surface area contributed by atoms with Gasteiger partial charge in [-0.1, -0.05) is 43.0 Å². The van der Waals surface area contributed by atoms with Crippen molar-refractivity contribution in [3.63, 3.8) is 0 Å². The van der Waals surface area contributed by atoms with Crippen LogP contribution in [0.4, 0.5) is 4.39 Å². The van der Waals surface area contributed by atoms with Crippen molar-refractivity contribution in [2.45, 2.75) is 14.7 Å². The van der Waals surface area contributed by atoms with Gasteiger partial charge in [0, 0.05) is 0 Å². The van der Waals surface area contributed by atoms with E-state index in [1.165, 1.54) is 9.79 Å². The first-order valence-corrected chi connectivity index (χ1v) is 8.88. The van der Waals surface area contributed by atoms with Gasteiger partial charge in [-0.05, 0) is 48.5 Å². The molecule has 124 valence electrons. The monoisotopic (exact) mass is 351 g/mol. The molecule has 0 amide bonds. The molecule has 3 aromatic rings. The number of esters is 1. The highest BCUT2D eigenvalue weighted by Gasteiger charge is 2.28. The lowest BCUT2D eigenvalue weighted by atomic mass is 10.3. The van der Waals surface area contributed by atoms with Crippen molar-refractivity contribution in [3.8, 4) is 5.75 Å². The zero-order valence-corrected chi connectivity index (χ0v) is 14.2. The second-order valence-corrected chi connectivity index (χ2v) is 7.22. The second-order valence-electron chi connectivity index (χ2n) is 5.20. The van der Waals surface area contributed by atoms with E-state index in [-0.39, 0.29) is 16.6 Å². The van der Waals surface area contributed by atoms with Crippen molar-refractivity contribution in [2.24, 2.45) is 0 Å². The van der Waals surface area contributed by atoms with Crippen LogP contribution in [0, 0.1) is 0 Å². The van der Waals surface area contributed by atoms with Crippen molar-refractivity contribution >= 4 is 16.9 Å². The molecule has 0 aliphatic rings. The third-order valence-electron chi connectivity index (χ3n) is 3.45. The molecular weight excluding hydrogens is 335 g/mol. The summed E-state index contributed by atoms with van der Waals surface area (Å²) in [5.74, 6) is -1.90. The molecule has 0 saturated carbocycles. The Labute approximate surface area is 148 Å². The number of ether oxygens (including phenoxy) is 1. The fourth-order valence-electron chi connectivity index (χ4n) is 2.33. The van der Waals surface area contributed by atoms with Gasteiger partial charge < -0.3 is 4.74 Å². The van der Waals surface area contributed by atoms with Gasteiger partial charge in [0.15, 0.2) is 14.7 Å².